The lowest BCUT2D eigenvalue weighted by molar-refractivity contribution is 0.899. The zero-order valence-electron chi connectivity index (χ0n) is 6.25. The average Bonchev–Trinajstić information content (AvgIpc) is 2.53. The Morgan fingerprint density at radius 1 is 1.17 bits per heavy atom. The summed E-state index contributed by atoms with van der Waals surface area (Å²) in [6, 6.07) is 9.89. The minimum absolute atomic E-state index is 0.902. The molecule has 2 rings (SSSR count). The molecule has 12 heavy (non-hydrogen) atoms. The molecule has 60 valence electrons. The molecule has 0 spiro atoms. The molecule has 2 aromatic rings. The Hall–Kier alpha value is -1.29. The first-order valence-electron chi connectivity index (χ1n) is 3.53. The van der Waals surface area contributed by atoms with Crippen LogP contribution in [0.5, 0.6) is 0 Å². The lowest BCUT2D eigenvalue weighted by Crippen LogP contribution is -1.86. The van der Waals surface area contributed by atoms with Crippen molar-refractivity contribution in [2.24, 2.45) is 0 Å². The number of aromatic nitrogens is 3. The van der Waals surface area contributed by atoms with Crippen molar-refractivity contribution >= 4 is 12.8 Å². The van der Waals surface area contributed by atoms with Crippen LogP contribution in [0.4, 0.5) is 0 Å². The fourth-order valence-corrected chi connectivity index (χ4v) is 1.24. The van der Waals surface area contributed by atoms with Crippen molar-refractivity contribution in [2.75, 3.05) is 0 Å². The van der Waals surface area contributed by atoms with E-state index in [9.17, 15) is 0 Å². The molecule has 0 bridgehead atoms. The summed E-state index contributed by atoms with van der Waals surface area (Å²) in [4.78, 5) is 0. The van der Waals surface area contributed by atoms with Gasteiger partial charge in [0.05, 0.1) is 6.20 Å². The van der Waals surface area contributed by atoms with Gasteiger partial charge in [0.15, 0.2) is 0 Å². The fourth-order valence-electron chi connectivity index (χ4n) is 1.03. The fraction of sp³-hybridized carbons (Fsp3) is 0. The molecule has 1 aromatic carbocycles. The van der Waals surface area contributed by atoms with E-state index in [-0.39, 0.29) is 0 Å². The number of rotatable bonds is 1. The third-order valence-corrected chi connectivity index (χ3v) is 1.90. The highest BCUT2D eigenvalue weighted by Crippen LogP contribution is 2.16. The van der Waals surface area contributed by atoms with Crippen LogP contribution >= 0.6 is 12.8 Å². The molecule has 0 saturated carbocycles. The molecule has 0 radical (unpaired) electrons. The number of hydrogen-bond acceptors (Lipinski definition) is 3. The van der Waals surface area contributed by atoms with Gasteiger partial charge in [-0.25, -0.2) is 0 Å². The van der Waals surface area contributed by atoms with Crippen molar-refractivity contribution in [3.63, 3.8) is 0 Å². The molecule has 4 heteroatoms. The summed E-state index contributed by atoms with van der Waals surface area (Å²) in [5, 5.41) is 7.46. The van der Waals surface area contributed by atoms with Crippen LogP contribution in [0.15, 0.2) is 36.5 Å². The van der Waals surface area contributed by atoms with Gasteiger partial charge >= 0.3 is 0 Å². The van der Waals surface area contributed by atoms with Gasteiger partial charge in [-0.05, 0) is 12.8 Å². The van der Waals surface area contributed by atoms with Gasteiger partial charge in [0.25, 0.3) is 0 Å². The molecule has 0 aliphatic carbocycles. The maximum atomic E-state index is 4.10. The van der Waals surface area contributed by atoms with Crippen molar-refractivity contribution in [1.82, 2.24) is 14.4 Å². The lowest BCUT2D eigenvalue weighted by Gasteiger charge is -1.97. The highest BCUT2D eigenvalue weighted by molar-refractivity contribution is 7.78. The van der Waals surface area contributed by atoms with Gasteiger partial charge in [-0.3, -0.25) is 0 Å². The zero-order valence-corrected chi connectivity index (χ0v) is 7.15. The van der Waals surface area contributed by atoms with E-state index >= 15 is 0 Å². The van der Waals surface area contributed by atoms with Crippen LogP contribution in [0.25, 0.3) is 11.3 Å². The summed E-state index contributed by atoms with van der Waals surface area (Å²) in [7, 11) is 0. The number of nitrogens with zero attached hydrogens (tertiary/aromatic N) is 3. The molecular formula is C8H7N3S. The minimum atomic E-state index is 0.902. The molecule has 0 saturated heterocycles. The maximum absolute atomic E-state index is 4.10. The largest absolute Gasteiger partial charge is 0.189 e. The molecule has 0 N–H and O–H groups in total. The summed E-state index contributed by atoms with van der Waals surface area (Å²) in [6.07, 6.45) is 1.68. The van der Waals surface area contributed by atoms with Gasteiger partial charge < -0.3 is 0 Å². The third-order valence-electron chi connectivity index (χ3n) is 1.60. The smallest absolute Gasteiger partial charge is 0.101 e. The Morgan fingerprint density at radius 2 is 1.92 bits per heavy atom. The van der Waals surface area contributed by atoms with E-state index in [4.69, 9.17) is 0 Å². The summed E-state index contributed by atoms with van der Waals surface area (Å²) >= 11 is 4.10. The number of thiol groups is 1. The molecule has 1 heterocycles. The summed E-state index contributed by atoms with van der Waals surface area (Å²) in [5.74, 6) is 0. The Bertz CT molecular complexity index is 369. The van der Waals surface area contributed by atoms with Crippen molar-refractivity contribution in [3.05, 3.63) is 36.5 Å². The Labute approximate surface area is 75.6 Å². The van der Waals surface area contributed by atoms with E-state index in [0.29, 0.717) is 0 Å². The van der Waals surface area contributed by atoms with Gasteiger partial charge in [-0.1, -0.05) is 35.5 Å². The maximum Gasteiger partial charge on any atom is 0.101 e. The quantitative estimate of drug-likeness (QED) is 0.671. The molecule has 3 nitrogen and oxygen atoms in total. The molecule has 0 aliphatic rings. The van der Waals surface area contributed by atoms with Crippen molar-refractivity contribution in [2.45, 2.75) is 0 Å². The molecule has 0 unspecified atom stereocenters. The number of benzene rings is 1. The third kappa shape index (κ3) is 1.21. The van der Waals surface area contributed by atoms with Crippen LogP contribution in [0.1, 0.15) is 0 Å². The van der Waals surface area contributed by atoms with Crippen molar-refractivity contribution in [3.8, 4) is 11.3 Å². The van der Waals surface area contributed by atoms with E-state index in [1.54, 1.807) is 6.20 Å². The molecular weight excluding hydrogens is 170 g/mol. The first kappa shape index (κ1) is 7.36. The van der Waals surface area contributed by atoms with Crippen molar-refractivity contribution < 1.29 is 0 Å². The highest BCUT2D eigenvalue weighted by Gasteiger charge is 2.01. The Kier molecular flexibility index (Phi) is 1.83. The van der Waals surface area contributed by atoms with Crippen molar-refractivity contribution in [1.29, 1.82) is 0 Å². The molecule has 0 aliphatic heterocycles. The van der Waals surface area contributed by atoms with Crippen LogP contribution < -0.4 is 0 Å². The Morgan fingerprint density at radius 3 is 2.50 bits per heavy atom. The first-order chi connectivity index (χ1) is 5.88. The van der Waals surface area contributed by atoms with Gasteiger partial charge in [-0.2, -0.15) is 4.09 Å². The van der Waals surface area contributed by atoms with E-state index in [2.05, 4.69) is 23.1 Å². The summed E-state index contributed by atoms with van der Waals surface area (Å²) in [6.45, 7) is 0. The molecule has 0 fully saturated rings. The van der Waals surface area contributed by atoms with Gasteiger partial charge in [-0.15, -0.1) is 5.10 Å². The molecule has 0 atom stereocenters. The minimum Gasteiger partial charge on any atom is -0.189 e. The van der Waals surface area contributed by atoms with Gasteiger partial charge in [0, 0.05) is 5.56 Å². The van der Waals surface area contributed by atoms with Crippen LogP contribution in [0.2, 0.25) is 0 Å². The number of hydrogen-bond donors (Lipinski definition) is 1. The van der Waals surface area contributed by atoms with E-state index < -0.39 is 0 Å². The standard InChI is InChI=1S/C8H7N3S/c12-11-8(6-9-10-11)7-4-2-1-3-5-7/h1-6,12H. The normalized spacial score (nSPS) is 10.1. The van der Waals surface area contributed by atoms with Gasteiger partial charge in [0.2, 0.25) is 0 Å². The van der Waals surface area contributed by atoms with E-state index in [0.717, 1.165) is 11.3 Å². The highest BCUT2D eigenvalue weighted by atomic mass is 32.1. The molecule has 1 aromatic heterocycles. The van der Waals surface area contributed by atoms with E-state index in [1.165, 1.54) is 4.09 Å². The zero-order chi connectivity index (χ0) is 8.39. The van der Waals surface area contributed by atoms with Crippen LogP contribution in [-0.4, -0.2) is 14.4 Å². The summed E-state index contributed by atoms with van der Waals surface area (Å²) < 4.78 is 1.45. The summed E-state index contributed by atoms with van der Waals surface area (Å²) in [5.41, 5.74) is 1.97. The monoisotopic (exact) mass is 177 g/mol. The van der Waals surface area contributed by atoms with E-state index in [1.807, 2.05) is 30.3 Å². The van der Waals surface area contributed by atoms with Crippen LogP contribution in [-0.2, 0) is 0 Å². The molecule has 0 amide bonds. The van der Waals surface area contributed by atoms with Crippen LogP contribution in [0, 0.1) is 0 Å². The predicted octanol–water partition coefficient (Wildman–Crippen LogP) is 1.64. The lowest BCUT2D eigenvalue weighted by atomic mass is 10.2. The Balaban J connectivity index is 2.51. The second-order valence-electron chi connectivity index (χ2n) is 2.37. The topological polar surface area (TPSA) is 30.7 Å². The predicted molar refractivity (Wildman–Crippen MR) is 49.8 cm³/mol. The second kappa shape index (κ2) is 2.98. The van der Waals surface area contributed by atoms with Gasteiger partial charge in [0.1, 0.15) is 5.69 Å². The first-order valence-corrected chi connectivity index (χ1v) is 3.93. The SMILES string of the molecule is Sn1nncc1-c1ccccc1. The van der Waals surface area contributed by atoms with Crippen LogP contribution in [0.3, 0.4) is 0 Å². The second-order valence-corrected chi connectivity index (χ2v) is 2.75. The average molecular weight is 177 g/mol.